The van der Waals surface area contributed by atoms with E-state index in [2.05, 4.69) is 69.4 Å². The number of ether oxygens (including phenoxy) is 3. The Bertz CT molecular complexity index is 1250. The van der Waals surface area contributed by atoms with Crippen LogP contribution in [0.25, 0.3) is 0 Å². The van der Waals surface area contributed by atoms with Crippen molar-refractivity contribution in [2.75, 3.05) is 13.2 Å². The van der Waals surface area contributed by atoms with Crippen molar-refractivity contribution in [3.8, 4) is 0 Å². The van der Waals surface area contributed by atoms with E-state index in [-0.39, 0.29) is 31.1 Å². The molecule has 0 bridgehead atoms. The van der Waals surface area contributed by atoms with Gasteiger partial charge in [-0.15, -0.1) is 0 Å². The van der Waals surface area contributed by atoms with Crippen molar-refractivity contribution in [1.82, 2.24) is 0 Å². The van der Waals surface area contributed by atoms with Crippen molar-refractivity contribution < 1.29 is 28.6 Å². The first kappa shape index (κ1) is 69.4. The largest absolute Gasteiger partial charge is 0.462 e. The minimum Gasteiger partial charge on any atom is -0.462 e. The van der Waals surface area contributed by atoms with Crippen molar-refractivity contribution in [1.29, 1.82) is 0 Å². The van der Waals surface area contributed by atoms with Gasteiger partial charge in [-0.1, -0.05) is 268 Å². The highest BCUT2D eigenvalue weighted by Crippen LogP contribution is 2.16. The second-order valence-corrected chi connectivity index (χ2v) is 21.3. The SMILES string of the molecule is CCCC/C=C\C/C=C\CCCCCCCC(=O)OCC(COC(=O)CCCCCCCCCCCCC/C=C\CCCCCCCCCC)OC(=O)CCCCCCCCC/C=C\CCCCCCCC. The fourth-order valence-corrected chi connectivity index (χ4v) is 9.22. The van der Waals surface area contributed by atoms with E-state index in [1.807, 2.05) is 0 Å². The van der Waals surface area contributed by atoms with Gasteiger partial charge in [0, 0.05) is 19.3 Å². The van der Waals surface area contributed by atoms with Crippen molar-refractivity contribution >= 4 is 17.9 Å². The Balaban J connectivity index is 4.31. The highest BCUT2D eigenvalue weighted by atomic mass is 16.6. The summed E-state index contributed by atoms with van der Waals surface area (Å²) in [6.45, 7) is 6.62. The first-order valence-electron chi connectivity index (χ1n) is 31.6. The van der Waals surface area contributed by atoms with Crippen LogP contribution in [0.4, 0.5) is 0 Å². The van der Waals surface area contributed by atoms with E-state index in [1.54, 1.807) is 0 Å². The minimum atomic E-state index is -0.781. The van der Waals surface area contributed by atoms with Crippen LogP contribution in [0.1, 0.15) is 335 Å². The molecule has 72 heavy (non-hydrogen) atoms. The van der Waals surface area contributed by atoms with Crippen LogP contribution in [0.5, 0.6) is 0 Å². The summed E-state index contributed by atoms with van der Waals surface area (Å²) in [5.41, 5.74) is 0. The zero-order chi connectivity index (χ0) is 52.2. The molecule has 0 heterocycles. The number of unbranched alkanes of at least 4 members (excludes halogenated alkanes) is 39. The molecule has 0 aliphatic heterocycles. The maximum absolute atomic E-state index is 12.9. The maximum atomic E-state index is 12.9. The number of hydrogen-bond acceptors (Lipinski definition) is 6. The van der Waals surface area contributed by atoms with Gasteiger partial charge in [0.1, 0.15) is 13.2 Å². The average Bonchev–Trinajstić information content (AvgIpc) is 3.38. The van der Waals surface area contributed by atoms with Gasteiger partial charge in [0.05, 0.1) is 0 Å². The van der Waals surface area contributed by atoms with E-state index in [0.717, 1.165) is 77.0 Å². The van der Waals surface area contributed by atoms with E-state index in [1.165, 1.54) is 218 Å². The Morgan fingerprint density at radius 3 is 0.819 bits per heavy atom. The summed E-state index contributed by atoms with van der Waals surface area (Å²) in [6.07, 6.45) is 75.4. The van der Waals surface area contributed by atoms with Gasteiger partial charge in [0.25, 0.3) is 0 Å². The lowest BCUT2D eigenvalue weighted by molar-refractivity contribution is -0.167. The molecular formula is C66H120O6. The lowest BCUT2D eigenvalue weighted by atomic mass is 10.0. The predicted molar refractivity (Wildman–Crippen MR) is 312 cm³/mol. The molecule has 0 aliphatic rings. The molecule has 1 unspecified atom stereocenters. The van der Waals surface area contributed by atoms with E-state index in [0.29, 0.717) is 19.3 Å². The summed E-state index contributed by atoms with van der Waals surface area (Å²) in [4.78, 5) is 38.3. The van der Waals surface area contributed by atoms with Crippen LogP contribution in [0.2, 0.25) is 0 Å². The fraction of sp³-hybridized carbons (Fsp3) is 0.833. The molecule has 420 valence electrons. The molecule has 0 spiro atoms. The third-order valence-electron chi connectivity index (χ3n) is 14.0. The third kappa shape index (κ3) is 58.3. The zero-order valence-corrected chi connectivity index (χ0v) is 48.2. The average molecular weight is 1010 g/mol. The minimum absolute atomic E-state index is 0.0776. The highest BCUT2D eigenvalue weighted by molar-refractivity contribution is 5.71. The van der Waals surface area contributed by atoms with Gasteiger partial charge in [-0.25, -0.2) is 0 Å². The monoisotopic (exact) mass is 1010 g/mol. The molecule has 0 aromatic heterocycles. The van der Waals surface area contributed by atoms with Crippen LogP contribution in [0.15, 0.2) is 48.6 Å². The Hall–Kier alpha value is -2.63. The highest BCUT2D eigenvalue weighted by Gasteiger charge is 2.19. The molecular weight excluding hydrogens is 889 g/mol. The van der Waals surface area contributed by atoms with Gasteiger partial charge < -0.3 is 14.2 Å². The smallest absolute Gasteiger partial charge is 0.306 e. The number of rotatable bonds is 58. The predicted octanol–water partition coefficient (Wildman–Crippen LogP) is 21.4. The molecule has 0 saturated carbocycles. The summed E-state index contributed by atoms with van der Waals surface area (Å²) < 4.78 is 16.9. The number of hydrogen-bond donors (Lipinski definition) is 0. The fourth-order valence-electron chi connectivity index (χ4n) is 9.22. The molecule has 0 aromatic carbocycles. The second kappa shape index (κ2) is 60.9. The van der Waals surface area contributed by atoms with Crippen molar-refractivity contribution in [3.05, 3.63) is 48.6 Å². The number of esters is 3. The van der Waals surface area contributed by atoms with Gasteiger partial charge in [-0.3, -0.25) is 14.4 Å². The van der Waals surface area contributed by atoms with Gasteiger partial charge in [-0.05, 0) is 96.3 Å². The number of carbonyl (C=O) groups excluding carboxylic acids is 3. The van der Waals surface area contributed by atoms with Gasteiger partial charge >= 0.3 is 17.9 Å². The van der Waals surface area contributed by atoms with Crippen LogP contribution in [-0.4, -0.2) is 37.2 Å². The van der Waals surface area contributed by atoms with E-state index in [9.17, 15) is 14.4 Å². The van der Waals surface area contributed by atoms with Gasteiger partial charge in [0.15, 0.2) is 6.10 Å². The molecule has 0 aromatic rings. The summed E-state index contributed by atoms with van der Waals surface area (Å²) >= 11 is 0. The summed E-state index contributed by atoms with van der Waals surface area (Å²) in [7, 11) is 0. The molecule has 0 saturated heterocycles. The van der Waals surface area contributed by atoms with Crippen LogP contribution in [0.3, 0.4) is 0 Å². The second-order valence-electron chi connectivity index (χ2n) is 21.3. The van der Waals surface area contributed by atoms with Gasteiger partial charge in [0.2, 0.25) is 0 Å². The topological polar surface area (TPSA) is 78.9 Å². The molecule has 0 rings (SSSR count). The van der Waals surface area contributed by atoms with E-state index in [4.69, 9.17) is 14.2 Å². The molecule has 0 radical (unpaired) electrons. The van der Waals surface area contributed by atoms with Crippen LogP contribution < -0.4 is 0 Å². The first-order valence-corrected chi connectivity index (χ1v) is 31.6. The summed E-state index contributed by atoms with van der Waals surface area (Å²) in [5.74, 6) is -0.880. The lowest BCUT2D eigenvalue weighted by Crippen LogP contribution is -2.30. The zero-order valence-electron chi connectivity index (χ0n) is 48.2. The quantitative estimate of drug-likeness (QED) is 0.0261. The number of carbonyl (C=O) groups is 3. The third-order valence-corrected chi connectivity index (χ3v) is 14.0. The Labute approximate surface area is 448 Å². The first-order chi connectivity index (χ1) is 35.5. The molecule has 0 N–H and O–H groups in total. The lowest BCUT2D eigenvalue weighted by Gasteiger charge is -2.18. The van der Waals surface area contributed by atoms with Crippen molar-refractivity contribution in [3.63, 3.8) is 0 Å². The number of allylic oxidation sites excluding steroid dienone is 8. The van der Waals surface area contributed by atoms with Crippen LogP contribution in [-0.2, 0) is 28.6 Å². The van der Waals surface area contributed by atoms with Crippen molar-refractivity contribution in [2.45, 2.75) is 341 Å². The van der Waals surface area contributed by atoms with E-state index >= 15 is 0 Å². The van der Waals surface area contributed by atoms with Crippen LogP contribution >= 0.6 is 0 Å². The van der Waals surface area contributed by atoms with Gasteiger partial charge in [-0.2, -0.15) is 0 Å². The molecule has 6 nitrogen and oxygen atoms in total. The van der Waals surface area contributed by atoms with E-state index < -0.39 is 6.10 Å². The summed E-state index contributed by atoms with van der Waals surface area (Å²) in [5, 5.41) is 0. The standard InChI is InChI=1S/C66H120O6/c1-4-7-10-13-16-19-22-25-28-30-31-32-33-34-35-37-38-41-44-47-50-53-56-59-65(68)71-62-63(61-70-64(67)58-55-52-49-46-43-40-27-24-21-18-15-12-9-6-3)72-66(69)60-57-54-51-48-45-42-39-36-29-26-23-20-17-14-11-8-5-2/h15,18,24,26-27,29-31,63H,4-14,16-17,19-23,25,28,32-62H2,1-3H3/b18-15-,27-24-,29-26-,31-30-. The molecule has 0 fully saturated rings. The van der Waals surface area contributed by atoms with Crippen molar-refractivity contribution in [2.24, 2.45) is 0 Å². The Morgan fingerprint density at radius 1 is 0.278 bits per heavy atom. The molecule has 0 amide bonds. The normalized spacial score (nSPS) is 12.3. The van der Waals surface area contributed by atoms with Crippen LogP contribution in [0, 0.1) is 0 Å². The molecule has 1 atom stereocenters. The molecule has 6 heteroatoms. The summed E-state index contributed by atoms with van der Waals surface area (Å²) in [6, 6.07) is 0. The Kier molecular flexibility index (Phi) is 58.7. The maximum Gasteiger partial charge on any atom is 0.306 e. The Morgan fingerprint density at radius 2 is 0.514 bits per heavy atom. The molecule has 0 aliphatic carbocycles.